The number of carbonyl (C=O) groups excluding carboxylic acids is 1. The Morgan fingerprint density at radius 3 is 1.39 bits per heavy atom. The molecule has 0 aromatic carbocycles. The molecule has 0 bridgehead atoms. The van der Waals surface area contributed by atoms with Crippen LogP contribution >= 0.6 is 7.82 Å². The molecule has 0 rings (SSSR count). The van der Waals surface area contributed by atoms with Crippen molar-refractivity contribution in [3.8, 4) is 0 Å². The highest BCUT2D eigenvalue weighted by Crippen LogP contribution is 2.36. The van der Waals surface area contributed by atoms with Crippen LogP contribution in [0.15, 0.2) is 48.6 Å². The predicted molar refractivity (Wildman–Crippen MR) is 216 cm³/mol. The molecule has 0 spiro atoms. The minimum absolute atomic E-state index is 0.0660. The first kappa shape index (κ1) is 49.5. The number of hydrogen-bond acceptors (Lipinski definition) is 5. The van der Waals surface area contributed by atoms with Crippen molar-refractivity contribution in [2.75, 3.05) is 19.8 Å². The van der Waals surface area contributed by atoms with Crippen LogP contribution in [0.4, 0.5) is 0 Å². The number of allylic oxidation sites excluding steroid dienone is 8. The summed E-state index contributed by atoms with van der Waals surface area (Å²) >= 11 is 0. The van der Waals surface area contributed by atoms with Gasteiger partial charge in [0.2, 0.25) is 0 Å². The molecular formula is C43H79O7P. The van der Waals surface area contributed by atoms with Gasteiger partial charge in [0.05, 0.1) is 13.2 Å². The summed E-state index contributed by atoms with van der Waals surface area (Å²) < 4.78 is 27.0. The summed E-state index contributed by atoms with van der Waals surface area (Å²) in [5, 5.41) is 0. The van der Waals surface area contributed by atoms with Crippen LogP contribution < -0.4 is 0 Å². The minimum atomic E-state index is -4.66. The Labute approximate surface area is 314 Å². The van der Waals surface area contributed by atoms with E-state index in [9.17, 15) is 9.36 Å². The largest absolute Gasteiger partial charge is 0.469 e. The SMILES string of the molecule is CCCCC/C=C\C/C=C\C/C=C\C/C=C\CCCCCC(=O)O[C@H](COCCCCCCCCCCCCCCCCCC)COP(=O)(O)O. The van der Waals surface area contributed by atoms with Crippen molar-refractivity contribution >= 4 is 13.8 Å². The van der Waals surface area contributed by atoms with Gasteiger partial charge >= 0.3 is 13.8 Å². The molecule has 0 amide bonds. The smallest absolute Gasteiger partial charge is 0.457 e. The highest BCUT2D eigenvalue weighted by molar-refractivity contribution is 7.46. The van der Waals surface area contributed by atoms with Crippen molar-refractivity contribution in [3.05, 3.63) is 48.6 Å². The fraction of sp³-hybridized carbons (Fsp3) is 0.791. The molecule has 298 valence electrons. The van der Waals surface area contributed by atoms with E-state index in [0.29, 0.717) is 13.0 Å². The molecule has 0 heterocycles. The Morgan fingerprint density at radius 2 is 0.922 bits per heavy atom. The molecule has 0 saturated heterocycles. The zero-order valence-corrected chi connectivity index (χ0v) is 33.9. The van der Waals surface area contributed by atoms with E-state index in [-0.39, 0.29) is 19.6 Å². The van der Waals surface area contributed by atoms with E-state index >= 15 is 0 Å². The number of rotatable bonds is 39. The average Bonchev–Trinajstić information content (AvgIpc) is 3.10. The quantitative estimate of drug-likeness (QED) is 0.0280. The van der Waals surface area contributed by atoms with Crippen molar-refractivity contribution in [1.29, 1.82) is 0 Å². The van der Waals surface area contributed by atoms with Gasteiger partial charge in [-0.3, -0.25) is 9.32 Å². The fourth-order valence-electron chi connectivity index (χ4n) is 5.78. The molecule has 2 N–H and O–H groups in total. The van der Waals surface area contributed by atoms with Crippen LogP contribution in [0, 0.1) is 0 Å². The maximum Gasteiger partial charge on any atom is 0.469 e. The molecule has 0 radical (unpaired) electrons. The van der Waals surface area contributed by atoms with Crippen LogP contribution in [-0.4, -0.2) is 41.7 Å². The molecule has 0 saturated carbocycles. The zero-order valence-electron chi connectivity index (χ0n) is 33.0. The van der Waals surface area contributed by atoms with Crippen molar-refractivity contribution in [2.45, 2.75) is 200 Å². The molecule has 0 aromatic heterocycles. The summed E-state index contributed by atoms with van der Waals surface area (Å²) in [6.07, 6.45) is 49.6. The van der Waals surface area contributed by atoms with E-state index in [1.54, 1.807) is 0 Å². The number of carbonyl (C=O) groups is 1. The second-order valence-corrected chi connectivity index (χ2v) is 15.2. The first-order chi connectivity index (χ1) is 24.9. The Balaban J connectivity index is 3.87. The van der Waals surface area contributed by atoms with E-state index in [2.05, 4.69) is 67.0 Å². The topological polar surface area (TPSA) is 102 Å². The first-order valence-corrected chi connectivity index (χ1v) is 22.5. The van der Waals surface area contributed by atoms with Crippen LogP contribution in [0.2, 0.25) is 0 Å². The number of phosphoric acid groups is 1. The van der Waals surface area contributed by atoms with Gasteiger partial charge in [-0.05, 0) is 57.8 Å². The van der Waals surface area contributed by atoms with Gasteiger partial charge in [-0.25, -0.2) is 4.57 Å². The van der Waals surface area contributed by atoms with Gasteiger partial charge < -0.3 is 19.3 Å². The molecule has 0 aliphatic heterocycles. The van der Waals surface area contributed by atoms with Crippen LogP contribution in [0.1, 0.15) is 194 Å². The third-order valence-electron chi connectivity index (χ3n) is 8.88. The molecule has 0 aliphatic carbocycles. The number of esters is 1. The van der Waals surface area contributed by atoms with E-state index in [1.165, 1.54) is 116 Å². The summed E-state index contributed by atoms with van der Waals surface area (Å²) in [6, 6.07) is 0. The van der Waals surface area contributed by atoms with E-state index in [1.807, 2.05) is 0 Å². The summed E-state index contributed by atoms with van der Waals surface area (Å²) in [5.41, 5.74) is 0. The van der Waals surface area contributed by atoms with Crippen molar-refractivity contribution in [1.82, 2.24) is 0 Å². The van der Waals surface area contributed by atoms with Crippen molar-refractivity contribution in [2.24, 2.45) is 0 Å². The standard InChI is InChI=1S/C43H79O7P/c1-3-5-7-9-11-13-15-17-19-21-22-23-24-26-28-30-32-34-36-38-43(44)50-42(41-49-51(45,46)47)40-48-39-37-35-33-31-29-27-25-20-18-16-14-12-10-8-6-4-2/h11,13,17,19,22-23,26,28,42H,3-10,12,14-16,18,20-21,24-25,27,29-41H2,1-2H3,(H2,45,46,47)/b13-11-,19-17-,23-22-,28-26-/t42-/m1/s1. The first-order valence-electron chi connectivity index (χ1n) is 21.0. The fourth-order valence-corrected chi connectivity index (χ4v) is 6.14. The number of ether oxygens (including phenoxy) is 2. The lowest BCUT2D eigenvalue weighted by Crippen LogP contribution is -2.28. The molecule has 8 heteroatoms. The summed E-state index contributed by atoms with van der Waals surface area (Å²) in [6.45, 7) is 4.71. The number of unbranched alkanes of at least 4 members (excludes halogenated alkanes) is 21. The number of hydrogen-bond donors (Lipinski definition) is 2. The highest BCUT2D eigenvalue weighted by atomic mass is 31.2. The normalized spacial score (nSPS) is 13.1. The van der Waals surface area contributed by atoms with E-state index in [0.717, 1.165) is 51.4 Å². The second kappa shape index (κ2) is 39.7. The second-order valence-electron chi connectivity index (χ2n) is 14.0. The summed E-state index contributed by atoms with van der Waals surface area (Å²) in [7, 11) is -4.66. The molecule has 7 nitrogen and oxygen atoms in total. The van der Waals surface area contributed by atoms with Gasteiger partial charge in [-0.1, -0.05) is 178 Å². The van der Waals surface area contributed by atoms with E-state index < -0.39 is 19.9 Å². The van der Waals surface area contributed by atoms with Gasteiger partial charge in [0, 0.05) is 13.0 Å². The zero-order chi connectivity index (χ0) is 37.4. The lowest BCUT2D eigenvalue weighted by Gasteiger charge is -2.18. The minimum Gasteiger partial charge on any atom is -0.457 e. The third kappa shape index (κ3) is 42.8. The van der Waals surface area contributed by atoms with Crippen molar-refractivity contribution < 1.29 is 33.1 Å². The van der Waals surface area contributed by atoms with Gasteiger partial charge in [-0.15, -0.1) is 0 Å². The molecule has 51 heavy (non-hydrogen) atoms. The molecule has 0 aliphatic rings. The van der Waals surface area contributed by atoms with E-state index in [4.69, 9.17) is 19.3 Å². The van der Waals surface area contributed by atoms with Gasteiger partial charge in [0.25, 0.3) is 0 Å². The van der Waals surface area contributed by atoms with Crippen LogP contribution in [-0.2, 0) is 23.4 Å². The summed E-state index contributed by atoms with van der Waals surface area (Å²) in [4.78, 5) is 30.6. The Hall–Kier alpha value is -1.50. The van der Waals surface area contributed by atoms with Gasteiger partial charge in [-0.2, -0.15) is 0 Å². The lowest BCUT2D eigenvalue weighted by atomic mass is 10.0. The van der Waals surface area contributed by atoms with Crippen molar-refractivity contribution in [3.63, 3.8) is 0 Å². The summed E-state index contributed by atoms with van der Waals surface area (Å²) in [5.74, 6) is -0.391. The Morgan fingerprint density at radius 1 is 0.529 bits per heavy atom. The molecule has 0 aromatic rings. The van der Waals surface area contributed by atoms with Crippen LogP contribution in [0.3, 0.4) is 0 Å². The molecule has 0 unspecified atom stereocenters. The molecule has 0 fully saturated rings. The Bertz CT molecular complexity index is 908. The van der Waals surface area contributed by atoms with Crippen LogP contribution in [0.25, 0.3) is 0 Å². The third-order valence-corrected chi connectivity index (χ3v) is 9.37. The number of phosphoric ester groups is 1. The van der Waals surface area contributed by atoms with Gasteiger partial charge in [0.1, 0.15) is 6.10 Å². The molecular weight excluding hydrogens is 659 g/mol. The average molecular weight is 739 g/mol. The maximum atomic E-state index is 12.4. The monoisotopic (exact) mass is 739 g/mol. The van der Waals surface area contributed by atoms with Gasteiger partial charge in [0.15, 0.2) is 0 Å². The lowest BCUT2D eigenvalue weighted by molar-refractivity contribution is -0.154. The maximum absolute atomic E-state index is 12.4. The van der Waals surface area contributed by atoms with Crippen LogP contribution in [0.5, 0.6) is 0 Å². The predicted octanol–water partition coefficient (Wildman–Crippen LogP) is 13.2. The molecule has 1 atom stereocenters. The Kier molecular flexibility index (Phi) is 38.5. The highest BCUT2D eigenvalue weighted by Gasteiger charge is 2.21.